The first-order valence-corrected chi connectivity index (χ1v) is 5.60. The number of aromatic nitrogens is 2. The van der Waals surface area contributed by atoms with Crippen LogP contribution < -0.4 is 0 Å². The van der Waals surface area contributed by atoms with E-state index in [1.54, 1.807) is 0 Å². The zero-order valence-electron chi connectivity index (χ0n) is 8.10. The second-order valence-corrected chi connectivity index (χ2v) is 3.71. The molecule has 0 fully saturated rings. The molecule has 15 heavy (non-hydrogen) atoms. The Labute approximate surface area is 91.1 Å². The van der Waals surface area contributed by atoms with E-state index in [1.807, 2.05) is 36.6 Å². The Hall–Kier alpha value is -1.62. The molecule has 1 N–H and O–H groups in total. The van der Waals surface area contributed by atoms with Crippen molar-refractivity contribution in [2.75, 3.05) is 6.26 Å². The molecule has 0 saturated carbocycles. The van der Waals surface area contributed by atoms with Gasteiger partial charge in [-0.05, 0) is 11.4 Å². The van der Waals surface area contributed by atoms with Crippen LogP contribution >= 0.6 is 11.8 Å². The number of thioether (sulfide) groups is 1. The smallest absolute Gasteiger partial charge is 0.167 e. The van der Waals surface area contributed by atoms with Gasteiger partial charge in [-0.1, -0.05) is 30.3 Å². The van der Waals surface area contributed by atoms with E-state index in [2.05, 4.69) is 15.4 Å². The molecule has 0 aliphatic rings. The highest BCUT2D eigenvalue weighted by Crippen LogP contribution is 2.35. The van der Waals surface area contributed by atoms with Crippen LogP contribution in [0.3, 0.4) is 0 Å². The number of nitroso groups, excluding NO2 is 1. The number of hydrogen-bond donors (Lipinski definition) is 1. The zero-order valence-corrected chi connectivity index (χ0v) is 8.91. The monoisotopic (exact) mass is 219 g/mol. The average Bonchev–Trinajstić information content (AvgIpc) is 2.72. The van der Waals surface area contributed by atoms with E-state index in [0.29, 0.717) is 16.4 Å². The first-order valence-electron chi connectivity index (χ1n) is 4.38. The Bertz CT molecular complexity index is 467. The summed E-state index contributed by atoms with van der Waals surface area (Å²) in [4.78, 5) is 10.7. The van der Waals surface area contributed by atoms with Crippen LogP contribution in [0.15, 0.2) is 40.5 Å². The molecule has 0 aliphatic heterocycles. The molecule has 0 amide bonds. The van der Waals surface area contributed by atoms with Crippen LogP contribution in [0.2, 0.25) is 0 Å². The van der Waals surface area contributed by atoms with Gasteiger partial charge in [0.1, 0.15) is 5.03 Å². The van der Waals surface area contributed by atoms with Gasteiger partial charge >= 0.3 is 0 Å². The maximum Gasteiger partial charge on any atom is 0.167 e. The quantitative estimate of drug-likeness (QED) is 0.637. The van der Waals surface area contributed by atoms with Crippen molar-refractivity contribution >= 4 is 17.4 Å². The lowest BCUT2D eigenvalue weighted by atomic mass is 10.1. The van der Waals surface area contributed by atoms with E-state index < -0.39 is 0 Å². The van der Waals surface area contributed by atoms with Crippen LogP contribution in [0.25, 0.3) is 11.3 Å². The van der Waals surface area contributed by atoms with Gasteiger partial charge < -0.3 is 0 Å². The highest BCUT2D eigenvalue weighted by molar-refractivity contribution is 7.98. The molecule has 4 nitrogen and oxygen atoms in total. The maximum atomic E-state index is 10.7. The summed E-state index contributed by atoms with van der Waals surface area (Å²) in [5.74, 6) is 0. The van der Waals surface area contributed by atoms with Crippen LogP contribution in [0, 0.1) is 4.91 Å². The van der Waals surface area contributed by atoms with Crippen molar-refractivity contribution in [1.29, 1.82) is 0 Å². The lowest BCUT2D eigenvalue weighted by Crippen LogP contribution is -1.76. The normalized spacial score (nSPS) is 10.2. The Kier molecular flexibility index (Phi) is 2.82. The molecule has 2 aromatic rings. The highest BCUT2D eigenvalue weighted by Gasteiger charge is 2.14. The minimum atomic E-state index is 0.383. The second-order valence-electron chi connectivity index (χ2n) is 2.91. The van der Waals surface area contributed by atoms with Gasteiger partial charge in [0.2, 0.25) is 0 Å². The minimum Gasteiger partial charge on any atom is -0.274 e. The molecule has 0 spiro atoms. The Balaban J connectivity index is 2.54. The molecular formula is C10H9N3OS. The van der Waals surface area contributed by atoms with E-state index in [-0.39, 0.29) is 0 Å². The van der Waals surface area contributed by atoms with Crippen molar-refractivity contribution in [2.45, 2.75) is 5.03 Å². The van der Waals surface area contributed by atoms with Gasteiger partial charge in [0.05, 0.1) is 5.69 Å². The second kappa shape index (κ2) is 4.27. The van der Waals surface area contributed by atoms with Gasteiger partial charge in [-0.3, -0.25) is 5.10 Å². The van der Waals surface area contributed by atoms with Crippen LogP contribution in [0.4, 0.5) is 5.69 Å². The fraction of sp³-hybridized carbons (Fsp3) is 0.100. The van der Waals surface area contributed by atoms with Crippen molar-refractivity contribution in [3.63, 3.8) is 0 Å². The molecule has 0 atom stereocenters. The first kappa shape index (κ1) is 9.92. The predicted octanol–water partition coefficient (Wildman–Crippen LogP) is 3.20. The molecule has 1 heterocycles. The van der Waals surface area contributed by atoms with Gasteiger partial charge in [0.15, 0.2) is 5.69 Å². The van der Waals surface area contributed by atoms with Crippen molar-refractivity contribution < 1.29 is 0 Å². The molecule has 1 aromatic carbocycles. The van der Waals surface area contributed by atoms with Crippen LogP contribution in [-0.2, 0) is 0 Å². The van der Waals surface area contributed by atoms with Crippen molar-refractivity contribution in [3.8, 4) is 11.3 Å². The molecular weight excluding hydrogens is 210 g/mol. The van der Waals surface area contributed by atoms with E-state index in [9.17, 15) is 4.91 Å². The Morgan fingerprint density at radius 2 is 2.07 bits per heavy atom. The molecule has 76 valence electrons. The third-order valence-corrected chi connectivity index (χ3v) is 2.73. The SMILES string of the molecule is CSc1n[nH]c(-c2ccccc2)c1N=O. The van der Waals surface area contributed by atoms with Crippen molar-refractivity contribution in [1.82, 2.24) is 10.2 Å². The lowest BCUT2D eigenvalue weighted by molar-refractivity contribution is 1.01. The molecule has 0 unspecified atom stereocenters. The van der Waals surface area contributed by atoms with Crippen molar-refractivity contribution in [3.05, 3.63) is 35.2 Å². The fourth-order valence-electron chi connectivity index (χ4n) is 1.35. The molecule has 0 radical (unpaired) electrons. The summed E-state index contributed by atoms with van der Waals surface area (Å²) in [5, 5.41) is 10.5. The Morgan fingerprint density at radius 3 is 2.67 bits per heavy atom. The van der Waals surface area contributed by atoms with E-state index >= 15 is 0 Å². The largest absolute Gasteiger partial charge is 0.274 e. The summed E-state index contributed by atoms with van der Waals surface area (Å²) in [5.41, 5.74) is 1.98. The number of aromatic amines is 1. The first-order chi connectivity index (χ1) is 7.36. The lowest BCUT2D eigenvalue weighted by Gasteiger charge is -1.96. The highest BCUT2D eigenvalue weighted by atomic mass is 32.2. The molecule has 0 saturated heterocycles. The molecule has 1 aromatic heterocycles. The number of nitrogens with one attached hydrogen (secondary N) is 1. The number of benzene rings is 1. The van der Waals surface area contributed by atoms with E-state index in [4.69, 9.17) is 0 Å². The van der Waals surface area contributed by atoms with Gasteiger partial charge in [-0.2, -0.15) is 5.10 Å². The van der Waals surface area contributed by atoms with Crippen molar-refractivity contribution in [2.24, 2.45) is 5.18 Å². The third kappa shape index (κ3) is 1.78. The number of rotatable bonds is 3. The van der Waals surface area contributed by atoms with Gasteiger partial charge in [0.25, 0.3) is 0 Å². The van der Waals surface area contributed by atoms with Crippen LogP contribution in [-0.4, -0.2) is 16.5 Å². The predicted molar refractivity (Wildman–Crippen MR) is 61.3 cm³/mol. The standard InChI is InChI=1S/C10H9N3OS/c1-15-10-9(13-14)8(11-12-10)7-5-3-2-4-6-7/h2-6H,1H3,(H,11,12). The fourth-order valence-corrected chi connectivity index (χ4v) is 1.82. The minimum absolute atomic E-state index is 0.383. The summed E-state index contributed by atoms with van der Waals surface area (Å²) in [6.07, 6.45) is 1.86. The molecule has 2 rings (SSSR count). The zero-order chi connectivity index (χ0) is 10.7. The van der Waals surface area contributed by atoms with Gasteiger partial charge in [-0.15, -0.1) is 16.7 Å². The number of nitrogens with zero attached hydrogens (tertiary/aromatic N) is 2. The summed E-state index contributed by atoms with van der Waals surface area (Å²) in [7, 11) is 0. The summed E-state index contributed by atoms with van der Waals surface area (Å²) in [6, 6.07) is 9.55. The number of hydrogen-bond acceptors (Lipinski definition) is 4. The van der Waals surface area contributed by atoms with Gasteiger partial charge in [0, 0.05) is 5.56 Å². The van der Waals surface area contributed by atoms with Crippen LogP contribution in [0.1, 0.15) is 0 Å². The van der Waals surface area contributed by atoms with Gasteiger partial charge in [-0.25, -0.2) is 0 Å². The maximum absolute atomic E-state index is 10.7. The topological polar surface area (TPSA) is 58.1 Å². The third-order valence-electron chi connectivity index (χ3n) is 2.06. The van der Waals surface area contributed by atoms with E-state index in [1.165, 1.54) is 11.8 Å². The van der Waals surface area contributed by atoms with E-state index in [0.717, 1.165) is 5.56 Å². The molecule has 5 heteroatoms. The molecule has 0 bridgehead atoms. The molecule has 0 aliphatic carbocycles. The Morgan fingerprint density at radius 1 is 1.33 bits per heavy atom. The summed E-state index contributed by atoms with van der Waals surface area (Å²) < 4.78 is 0. The summed E-state index contributed by atoms with van der Waals surface area (Å²) >= 11 is 1.40. The number of H-pyrrole nitrogens is 1. The summed E-state index contributed by atoms with van der Waals surface area (Å²) in [6.45, 7) is 0. The average molecular weight is 219 g/mol. The van der Waals surface area contributed by atoms with Crippen LogP contribution in [0.5, 0.6) is 0 Å².